The van der Waals surface area contributed by atoms with Crippen molar-refractivity contribution in [2.45, 2.75) is 25.4 Å². The Bertz CT molecular complexity index is 243. The first-order valence-electron chi connectivity index (χ1n) is 4.50. The molecule has 2 amide bonds. The van der Waals surface area contributed by atoms with Gasteiger partial charge in [0, 0.05) is 5.92 Å². The van der Waals surface area contributed by atoms with E-state index in [9.17, 15) is 9.59 Å². The summed E-state index contributed by atoms with van der Waals surface area (Å²) in [6.07, 6.45) is -0.586. The van der Waals surface area contributed by atoms with E-state index in [1.165, 1.54) is 0 Å². The van der Waals surface area contributed by atoms with Crippen molar-refractivity contribution in [2.75, 3.05) is 6.61 Å². The summed E-state index contributed by atoms with van der Waals surface area (Å²) in [4.78, 5) is 21.7. The third-order valence-corrected chi connectivity index (χ3v) is 2.50. The normalized spacial score (nSPS) is 31.3. The standard InChI is InChI=1S/C8H14N2O4/c1-2-4-5(3-11)9-7(12)6(4)10-8(13)14/h4-6,10-11H,2-3H2,1H3,(H,9,12)(H,13,14)/t4-,5-,6?/m1/s1. The Hall–Kier alpha value is -1.30. The minimum absolute atomic E-state index is 0.165. The molecule has 80 valence electrons. The van der Waals surface area contributed by atoms with E-state index in [1.807, 2.05) is 6.92 Å². The Morgan fingerprint density at radius 3 is 2.71 bits per heavy atom. The van der Waals surface area contributed by atoms with Crippen molar-refractivity contribution in [3.05, 3.63) is 0 Å². The summed E-state index contributed by atoms with van der Waals surface area (Å²) in [6, 6.07) is -1.08. The molecule has 0 aromatic carbocycles. The van der Waals surface area contributed by atoms with Crippen LogP contribution in [-0.4, -0.2) is 40.9 Å². The molecule has 1 aliphatic heterocycles. The van der Waals surface area contributed by atoms with E-state index in [0.29, 0.717) is 6.42 Å². The zero-order chi connectivity index (χ0) is 10.7. The number of aliphatic hydroxyl groups is 1. The van der Waals surface area contributed by atoms with Gasteiger partial charge in [-0.2, -0.15) is 0 Å². The highest BCUT2D eigenvalue weighted by Gasteiger charge is 2.41. The van der Waals surface area contributed by atoms with E-state index in [0.717, 1.165) is 0 Å². The predicted octanol–water partition coefficient (Wildman–Crippen LogP) is -0.860. The number of hydrogen-bond donors (Lipinski definition) is 4. The first-order valence-corrected chi connectivity index (χ1v) is 4.50. The van der Waals surface area contributed by atoms with Gasteiger partial charge in [-0.25, -0.2) is 4.79 Å². The van der Waals surface area contributed by atoms with Gasteiger partial charge in [-0.3, -0.25) is 4.79 Å². The molecule has 0 aromatic rings. The molecule has 1 unspecified atom stereocenters. The minimum atomic E-state index is -1.22. The second kappa shape index (κ2) is 4.28. The summed E-state index contributed by atoms with van der Waals surface area (Å²) in [6.45, 7) is 1.69. The van der Waals surface area contributed by atoms with Crippen molar-refractivity contribution in [1.29, 1.82) is 0 Å². The third-order valence-electron chi connectivity index (χ3n) is 2.50. The number of carboxylic acid groups (broad SMARTS) is 1. The van der Waals surface area contributed by atoms with Crippen LogP contribution in [0.25, 0.3) is 0 Å². The maximum absolute atomic E-state index is 11.3. The molecule has 14 heavy (non-hydrogen) atoms. The van der Waals surface area contributed by atoms with Crippen LogP contribution >= 0.6 is 0 Å². The van der Waals surface area contributed by atoms with Crippen LogP contribution in [0.1, 0.15) is 13.3 Å². The Balaban J connectivity index is 2.71. The molecule has 1 aliphatic rings. The van der Waals surface area contributed by atoms with Crippen LogP contribution in [0, 0.1) is 5.92 Å². The average Bonchev–Trinajstić information content (AvgIpc) is 2.42. The van der Waals surface area contributed by atoms with Crippen molar-refractivity contribution in [3.63, 3.8) is 0 Å². The third kappa shape index (κ3) is 1.95. The summed E-state index contributed by atoms with van der Waals surface area (Å²) in [5.74, 6) is -0.540. The fourth-order valence-electron chi connectivity index (χ4n) is 1.81. The zero-order valence-corrected chi connectivity index (χ0v) is 7.86. The number of aliphatic hydroxyl groups excluding tert-OH is 1. The van der Waals surface area contributed by atoms with Crippen molar-refractivity contribution < 1.29 is 19.8 Å². The van der Waals surface area contributed by atoms with Crippen LogP contribution in [0.15, 0.2) is 0 Å². The van der Waals surface area contributed by atoms with Crippen LogP contribution in [0.5, 0.6) is 0 Å². The van der Waals surface area contributed by atoms with Crippen molar-refractivity contribution in [3.8, 4) is 0 Å². The summed E-state index contributed by atoms with van der Waals surface area (Å²) >= 11 is 0. The Morgan fingerprint density at radius 2 is 2.29 bits per heavy atom. The highest BCUT2D eigenvalue weighted by molar-refractivity contribution is 5.88. The number of carbonyl (C=O) groups is 2. The van der Waals surface area contributed by atoms with E-state index in [1.54, 1.807) is 0 Å². The van der Waals surface area contributed by atoms with Gasteiger partial charge in [-0.15, -0.1) is 0 Å². The zero-order valence-electron chi connectivity index (χ0n) is 7.86. The van der Waals surface area contributed by atoms with Crippen LogP contribution in [-0.2, 0) is 4.79 Å². The predicted molar refractivity (Wildman–Crippen MR) is 47.7 cm³/mol. The Labute approximate surface area is 81.3 Å². The lowest BCUT2D eigenvalue weighted by molar-refractivity contribution is -0.121. The Kier molecular flexibility index (Phi) is 3.29. The molecule has 3 atom stereocenters. The largest absolute Gasteiger partial charge is 0.465 e. The molecule has 6 heteroatoms. The fraction of sp³-hybridized carbons (Fsp3) is 0.750. The van der Waals surface area contributed by atoms with Gasteiger partial charge in [0.05, 0.1) is 12.6 Å². The minimum Gasteiger partial charge on any atom is -0.465 e. The van der Waals surface area contributed by atoms with E-state index >= 15 is 0 Å². The van der Waals surface area contributed by atoms with E-state index in [4.69, 9.17) is 10.2 Å². The highest BCUT2D eigenvalue weighted by Crippen LogP contribution is 2.20. The van der Waals surface area contributed by atoms with Crippen molar-refractivity contribution in [2.24, 2.45) is 5.92 Å². The number of carbonyl (C=O) groups excluding carboxylic acids is 1. The van der Waals surface area contributed by atoms with Crippen LogP contribution in [0.3, 0.4) is 0 Å². The summed E-state index contributed by atoms with van der Waals surface area (Å²) < 4.78 is 0. The molecular weight excluding hydrogens is 188 g/mol. The van der Waals surface area contributed by atoms with Crippen molar-refractivity contribution in [1.82, 2.24) is 10.6 Å². The monoisotopic (exact) mass is 202 g/mol. The quantitative estimate of drug-likeness (QED) is 0.478. The Morgan fingerprint density at radius 1 is 1.64 bits per heavy atom. The number of rotatable bonds is 3. The molecule has 1 fully saturated rings. The molecule has 1 heterocycles. The molecule has 4 N–H and O–H groups in total. The molecule has 1 saturated heterocycles. The van der Waals surface area contributed by atoms with Gasteiger partial charge in [0.1, 0.15) is 6.04 Å². The average molecular weight is 202 g/mol. The molecule has 0 aliphatic carbocycles. The maximum atomic E-state index is 11.3. The van der Waals surface area contributed by atoms with Gasteiger partial charge >= 0.3 is 6.09 Å². The number of nitrogens with one attached hydrogen (secondary N) is 2. The van der Waals surface area contributed by atoms with E-state index in [2.05, 4.69) is 10.6 Å². The van der Waals surface area contributed by atoms with Crippen LogP contribution < -0.4 is 10.6 Å². The highest BCUT2D eigenvalue weighted by atomic mass is 16.4. The maximum Gasteiger partial charge on any atom is 0.405 e. The number of amides is 2. The van der Waals surface area contributed by atoms with Gasteiger partial charge in [0.2, 0.25) is 5.91 Å². The van der Waals surface area contributed by atoms with Crippen LogP contribution in [0.2, 0.25) is 0 Å². The SMILES string of the molecule is CC[C@H]1C(NC(=O)O)C(=O)N[C@@H]1CO. The van der Waals surface area contributed by atoms with Gasteiger partial charge in [0.15, 0.2) is 0 Å². The molecule has 1 rings (SSSR count). The van der Waals surface area contributed by atoms with Gasteiger partial charge < -0.3 is 20.8 Å². The summed E-state index contributed by atoms with van der Waals surface area (Å²) in [5.41, 5.74) is 0. The lowest BCUT2D eigenvalue weighted by atomic mass is 9.94. The van der Waals surface area contributed by atoms with Crippen LogP contribution in [0.4, 0.5) is 4.79 Å². The number of hydrogen-bond acceptors (Lipinski definition) is 3. The van der Waals surface area contributed by atoms with E-state index in [-0.39, 0.29) is 24.5 Å². The first kappa shape index (κ1) is 10.8. The molecule has 0 spiro atoms. The topological polar surface area (TPSA) is 98.7 Å². The van der Waals surface area contributed by atoms with Gasteiger partial charge in [-0.1, -0.05) is 6.92 Å². The molecule has 0 radical (unpaired) electrons. The lowest BCUT2D eigenvalue weighted by Crippen LogP contribution is -2.42. The van der Waals surface area contributed by atoms with Gasteiger partial charge in [0.25, 0.3) is 0 Å². The molecule has 0 saturated carbocycles. The first-order chi connectivity index (χ1) is 6.60. The van der Waals surface area contributed by atoms with Gasteiger partial charge in [-0.05, 0) is 6.42 Å². The summed E-state index contributed by atoms with van der Waals surface area (Å²) in [5, 5.41) is 22.2. The van der Waals surface area contributed by atoms with E-state index < -0.39 is 12.1 Å². The molecule has 0 bridgehead atoms. The molecular formula is C8H14N2O4. The smallest absolute Gasteiger partial charge is 0.405 e. The van der Waals surface area contributed by atoms with Crippen molar-refractivity contribution >= 4 is 12.0 Å². The second-order valence-electron chi connectivity index (χ2n) is 3.30. The second-order valence-corrected chi connectivity index (χ2v) is 3.30. The summed E-state index contributed by atoms with van der Waals surface area (Å²) in [7, 11) is 0. The molecule has 6 nitrogen and oxygen atoms in total. The lowest BCUT2D eigenvalue weighted by Gasteiger charge is -2.18. The molecule has 0 aromatic heterocycles. The fourth-order valence-corrected chi connectivity index (χ4v) is 1.81.